The van der Waals surface area contributed by atoms with Crippen molar-refractivity contribution in [1.82, 2.24) is 14.7 Å². The Balaban J connectivity index is 1.88. The number of imidazole rings is 1. The molecule has 8 nitrogen and oxygen atoms in total. The Labute approximate surface area is 142 Å². The average Bonchev–Trinajstić information content (AvgIpc) is 2.94. The van der Waals surface area contributed by atoms with Crippen LogP contribution >= 0.6 is 0 Å². The summed E-state index contributed by atoms with van der Waals surface area (Å²) in [7, 11) is -4.07. The molecule has 9 heteroatoms. The number of fused-ring (bicyclic) bond motifs is 1. The summed E-state index contributed by atoms with van der Waals surface area (Å²) in [6, 6.07) is 11.4. The molecule has 0 spiro atoms. The fourth-order valence-electron chi connectivity index (χ4n) is 2.46. The standard InChI is InChI=1S/C16H15N3O5S/c20-15(21)14(8-10-4-2-1-3-5-10)19-25(23,24)11-6-7-12-13(9-11)18-16(22)17-12/h1-7,9,14,19H,8H2,(H,20,21)(H2,17,18,22). The van der Waals surface area contributed by atoms with E-state index in [4.69, 9.17) is 0 Å². The highest BCUT2D eigenvalue weighted by molar-refractivity contribution is 7.89. The van der Waals surface area contributed by atoms with E-state index in [0.29, 0.717) is 16.6 Å². The number of carbonyl (C=O) groups is 1. The van der Waals surface area contributed by atoms with Crippen molar-refractivity contribution in [2.75, 3.05) is 0 Å². The van der Waals surface area contributed by atoms with Crippen molar-refractivity contribution >= 4 is 27.0 Å². The summed E-state index contributed by atoms with van der Waals surface area (Å²) in [6.45, 7) is 0. The van der Waals surface area contributed by atoms with Gasteiger partial charge in [0.05, 0.1) is 15.9 Å². The Kier molecular flexibility index (Phi) is 4.43. The van der Waals surface area contributed by atoms with E-state index in [1.54, 1.807) is 30.3 Å². The zero-order valence-corrected chi connectivity index (χ0v) is 13.7. The number of hydrogen-bond donors (Lipinski definition) is 4. The smallest absolute Gasteiger partial charge is 0.323 e. The van der Waals surface area contributed by atoms with Gasteiger partial charge in [-0.25, -0.2) is 13.2 Å². The zero-order chi connectivity index (χ0) is 18.0. The molecular weight excluding hydrogens is 346 g/mol. The predicted molar refractivity (Wildman–Crippen MR) is 90.8 cm³/mol. The second-order valence-corrected chi connectivity index (χ2v) is 7.20. The first kappa shape index (κ1) is 16.9. The highest BCUT2D eigenvalue weighted by Crippen LogP contribution is 2.16. The van der Waals surface area contributed by atoms with Gasteiger partial charge in [-0.05, 0) is 30.2 Å². The Hall–Kier alpha value is -2.91. The molecule has 1 atom stereocenters. The Morgan fingerprint density at radius 1 is 1.08 bits per heavy atom. The molecule has 0 amide bonds. The SMILES string of the molecule is O=C(O)C(Cc1ccccc1)NS(=O)(=O)c1ccc2[nH]c(=O)[nH]c2c1. The van der Waals surface area contributed by atoms with Crippen LogP contribution in [-0.2, 0) is 21.2 Å². The number of sulfonamides is 1. The van der Waals surface area contributed by atoms with E-state index in [1.807, 2.05) is 0 Å². The van der Waals surface area contributed by atoms with Crippen LogP contribution in [0.4, 0.5) is 0 Å². The quantitative estimate of drug-likeness (QED) is 0.516. The maximum atomic E-state index is 12.5. The molecule has 130 valence electrons. The van der Waals surface area contributed by atoms with E-state index in [0.717, 1.165) is 0 Å². The fourth-order valence-corrected chi connectivity index (χ4v) is 3.68. The number of aromatic amines is 2. The molecule has 0 aliphatic rings. The third kappa shape index (κ3) is 3.78. The van der Waals surface area contributed by atoms with E-state index < -0.39 is 27.7 Å². The fraction of sp³-hybridized carbons (Fsp3) is 0.125. The van der Waals surface area contributed by atoms with Crippen molar-refractivity contribution in [2.24, 2.45) is 0 Å². The van der Waals surface area contributed by atoms with Crippen LogP contribution in [0.1, 0.15) is 5.56 Å². The number of hydrogen-bond acceptors (Lipinski definition) is 4. The monoisotopic (exact) mass is 361 g/mol. The van der Waals surface area contributed by atoms with Gasteiger partial charge in [0.25, 0.3) is 0 Å². The number of benzene rings is 2. The number of nitrogens with one attached hydrogen (secondary N) is 3. The maximum Gasteiger partial charge on any atom is 0.323 e. The number of aromatic nitrogens is 2. The topological polar surface area (TPSA) is 132 Å². The van der Waals surface area contributed by atoms with E-state index in [2.05, 4.69) is 14.7 Å². The number of carboxylic acids is 1. The van der Waals surface area contributed by atoms with Crippen molar-refractivity contribution in [3.63, 3.8) is 0 Å². The molecule has 0 fully saturated rings. The summed E-state index contributed by atoms with van der Waals surface area (Å²) in [5.41, 5.74) is 1.03. The third-order valence-corrected chi connectivity index (χ3v) is 5.15. The Morgan fingerprint density at radius 3 is 2.44 bits per heavy atom. The highest BCUT2D eigenvalue weighted by atomic mass is 32.2. The van der Waals surface area contributed by atoms with Gasteiger partial charge in [-0.2, -0.15) is 4.72 Å². The summed E-state index contributed by atoms with van der Waals surface area (Å²) < 4.78 is 27.2. The lowest BCUT2D eigenvalue weighted by atomic mass is 10.1. The van der Waals surface area contributed by atoms with Gasteiger partial charge in [0.2, 0.25) is 10.0 Å². The summed E-state index contributed by atoms with van der Waals surface area (Å²) in [6.07, 6.45) is 0.0125. The minimum absolute atomic E-state index is 0.0125. The lowest BCUT2D eigenvalue weighted by molar-refractivity contribution is -0.138. The predicted octanol–water partition coefficient (Wildman–Crippen LogP) is 0.830. The largest absolute Gasteiger partial charge is 0.480 e. The van der Waals surface area contributed by atoms with E-state index in [-0.39, 0.29) is 11.3 Å². The van der Waals surface area contributed by atoms with Gasteiger partial charge in [0.1, 0.15) is 6.04 Å². The highest BCUT2D eigenvalue weighted by Gasteiger charge is 2.26. The molecule has 25 heavy (non-hydrogen) atoms. The van der Waals surface area contributed by atoms with Crippen molar-refractivity contribution in [3.8, 4) is 0 Å². The van der Waals surface area contributed by atoms with Crippen molar-refractivity contribution < 1.29 is 18.3 Å². The molecule has 1 aromatic heterocycles. The van der Waals surface area contributed by atoms with Gasteiger partial charge < -0.3 is 15.1 Å². The van der Waals surface area contributed by atoms with Gasteiger partial charge in [0, 0.05) is 0 Å². The molecule has 3 rings (SSSR count). The maximum absolute atomic E-state index is 12.5. The molecule has 0 bridgehead atoms. The molecule has 0 saturated heterocycles. The molecule has 4 N–H and O–H groups in total. The molecular formula is C16H15N3O5S. The molecule has 2 aromatic carbocycles. The molecule has 1 heterocycles. The average molecular weight is 361 g/mol. The summed E-state index contributed by atoms with van der Waals surface area (Å²) in [5, 5.41) is 9.34. The van der Waals surface area contributed by atoms with Crippen molar-refractivity contribution in [3.05, 3.63) is 64.6 Å². The Morgan fingerprint density at radius 2 is 1.76 bits per heavy atom. The normalized spacial score (nSPS) is 13.0. The van der Waals surface area contributed by atoms with Crippen LogP contribution in [0.25, 0.3) is 11.0 Å². The lowest BCUT2D eigenvalue weighted by Gasteiger charge is -2.15. The first-order valence-electron chi connectivity index (χ1n) is 7.36. The summed E-state index contributed by atoms with van der Waals surface area (Å²) in [4.78, 5) is 27.6. The first-order valence-corrected chi connectivity index (χ1v) is 8.84. The van der Waals surface area contributed by atoms with Crippen LogP contribution in [0.5, 0.6) is 0 Å². The van der Waals surface area contributed by atoms with E-state index in [9.17, 15) is 23.1 Å². The van der Waals surface area contributed by atoms with Gasteiger partial charge in [-0.1, -0.05) is 30.3 Å². The number of rotatable bonds is 6. The molecule has 0 saturated carbocycles. The van der Waals surface area contributed by atoms with Gasteiger partial charge in [-0.3, -0.25) is 4.79 Å². The van der Waals surface area contributed by atoms with E-state index in [1.165, 1.54) is 18.2 Å². The molecule has 1 unspecified atom stereocenters. The number of H-pyrrole nitrogens is 2. The van der Waals surface area contributed by atoms with Gasteiger partial charge in [0.15, 0.2) is 0 Å². The Bertz CT molecular complexity index is 1070. The lowest BCUT2D eigenvalue weighted by Crippen LogP contribution is -2.42. The molecule has 0 aliphatic carbocycles. The van der Waals surface area contributed by atoms with Crippen LogP contribution in [0, 0.1) is 0 Å². The summed E-state index contributed by atoms with van der Waals surface area (Å²) in [5.74, 6) is -1.27. The molecule has 0 aliphatic heterocycles. The van der Waals surface area contributed by atoms with Crippen LogP contribution in [0.15, 0.2) is 58.2 Å². The van der Waals surface area contributed by atoms with Crippen molar-refractivity contribution in [2.45, 2.75) is 17.4 Å². The van der Waals surface area contributed by atoms with Crippen LogP contribution in [-0.4, -0.2) is 35.5 Å². The van der Waals surface area contributed by atoms with Crippen molar-refractivity contribution in [1.29, 1.82) is 0 Å². The van der Waals surface area contributed by atoms with Crippen LogP contribution in [0.3, 0.4) is 0 Å². The first-order chi connectivity index (χ1) is 11.8. The number of carboxylic acid groups (broad SMARTS) is 1. The molecule has 0 radical (unpaired) electrons. The van der Waals surface area contributed by atoms with Gasteiger partial charge in [-0.15, -0.1) is 0 Å². The van der Waals surface area contributed by atoms with Crippen LogP contribution in [0.2, 0.25) is 0 Å². The van der Waals surface area contributed by atoms with Crippen LogP contribution < -0.4 is 10.4 Å². The minimum atomic E-state index is -4.07. The second kappa shape index (κ2) is 6.54. The van der Waals surface area contributed by atoms with Gasteiger partial charge >= 0.3 is 11.7 Å². The van der Waals surface area contributed by atoms with E-state index >= 15 is 0 Å². The third-order valence-electron chi connectivity index (χ3n) is 3.68. The minimum Gasteiger partial charge on any atom is -0.480 e. The second-order valence-electron chi connectivity index (χ2n) is 5.49. The summed E-state index contributed by atoms with van der Waals surface area (Å²) >= 11 is 0. The zero-order valence-electron chi connectivity index (χ0n) is 12.9. The number of aliphatic carboxylic acids is 1. The molecule has 3 aromatic rings.